The van der Waals surface area contributed by atoms with Crippen molar-refractivity contribution >= 4 is 11.9 Å². The standard InChI is InChI=1S/C13H14F3NO4/c1-12(2,11(19)20)17(3)10(18)8-4-6-9(7-5-8)21-13(14,15)16/h4-7H,1-3H3,(H,19,20). The third-order valence-corrected chi connectivity index (χ3v) is 3.00. The van der Waals surface area contributed by atoms with Gasteiger partial charge in [-0.2, -0.15) is 0 Å². The smallest absolute Gasteiger partial charge is 0.480 e. The van der Waals surface area contributed by atoms with Crippen LogP contribution in [-0.2, 0) is 4.79 Å². The van der Waals surface area contributed by atoms with Gasteiger partial charge in [-0.1, -0.05) is 0 Å². The third kappa shape index (κ3) is 4.11. The lowest BCUT2D eigenvalue weighted by molar-refractivity contribution is -0.274. The van der Waals surface area contributed by atoms with Gasteiger partial charge in [-0.05, 0) is 38.1 Å². The first-order valence-electron chi connectivity index (χ1n) is 5.82. The zero-order chi connectivity index (χ0) is 16.4. The van der Waals surface area contributed by atoms with Gasteiger partial charge in [0.1, 0.15) is 11.3 Å². The number of rotatable bonds is 4. The number of carbonyl (C=O) groups excluding carboxylic acids is 1. The second kappa shape index (κ2) is 5.63. The van der Waals surface area contributed by atoms with Gasteiger partial charge < -0.3 is 14.7 Å². The quantitative estimate of drug-likeness (QED) is 0.928. The predicted octanol–water partition coefficient (Wildman–Crippen LogP) is 2.52. The number of aliphatic carboxylic acids is 1. The van der Waals surface area contributed by atoms with Crippen LogP contribution in [0.4, 0.5) is 13.2 Å². The Balaban J connectivity index is 2.92. The number of carboxylic acid groups (broad SMARTS) is 1. The zero-order valence-corrected chi connectivity index (χ0v) is 11.6. The highest BCUT2D eigenvalue weighted by Gasteiger charge is 2.35. The lowest BCUT2D eigenvalue weighted by atomic mass is 10.0. The average molecular weight is 305 g/mol. The Hall–Kier alpha value is -2.25. The van der Waals surface area contributed by atoms with Gasteiger partial charge in [0.15, 0.2) is 0 Å². The highest BCUT2D eigenvalue weighted by atomic mass is 19.4. The summed E-state index contributed by atoms with van der Waals surface area (Å²) in [6.07, 6.45) is -4.81. The van der Waals surface area contributed by atoms with Crippen LogP contribution in [0, 0.1) is 0 Å². The fraction of sp³-hybridized carbons (Fsp3) is 0.385. The van der Waals surface area contributed by atoms with Crippen LogP contribution in [0.15, 0.2) is 24.3 Å². The summed E-state index contributed by atoms with van der Waals surface area (Å²) in [4.78, 5) is 24.2. The second-order valence-electron chi connectivity index (χ2n) is 4.80. The predicted molar refractivity (Wildman–Crippen MR) is 66.9 cm³/mol. The van der Waals surface area contributed by atoms with E-state index in [0.29, 0.717) is 0 Å². The molecule has 0 radical (unpaired) electrons. The van der Waals surface area contributed by atoms with E-state index in [9.17, 15) is 22.8 Å². The molecule has 0 fully saturated rings. The number of carboxylic acids is 1. The second-order valence-corrected chi connectivity index (χ2v) is 4.80. The summed E-state index contributed by atoms with van der Waals surface area (Å²) in [6.45, 7) is 2.68. The normalized spacial score (nSPS) is 11.9. The molecule has 0 atom stereocenters. The van der Waals surface area contributed by atoms with Crippen LogP contribution in [-0.4, -0.2) is 40.8 Å². The van der Waals surface area contributed by atoms with Crippen molar-refractivity contribution in [1.29, 1.82) is 0 Å². The monoisotopic (exact) mass is 305 g/mol. The minimum Gasteiger partial charge on any atom is -0.480 e. The molecule has 1 aromatic carbocycles. The topological polar surface area (TPSA) is 66.8 Å². The molecule has 0 spiro atoms. The Kier molecular flexibility index (Phi) is 4.50. The number of hydrogen-bond acceptors (Lipinski definition) is 3. The van der Waals surface area contributed by atoms with Crippen molar-refractivity contribution in [1.82, 2.24) is 4.90 Å². The molecular formula is C13H14F3NO4. The summed E-state index contributed by atoms with van der Waals surface area (Å²) in [5.41, 5.74) is -1.39. The molecule has 0 saturated heterocycles. The van der Waals surface area contributed by atoms with Crippen LogP contribution < -0.4 is 4.74 Å². The van der Waals surface area contributed by atoms with Crippen LogP contribution in [0.25, 0.3) is 0 Å². The SMILES string of the molecule is CN(C(=O)c1ccc(OC(F)(F)F)cc1)C(C)(C)C(=O)O. The molecule has 1 rings (SSSR count). The number of ether oxygens (including phenoxy) is 1. The van der Waals surface area contributed by atoms with Crippen molar-refractivity contribution in [3.63, 3.8) is 0 Å². The molecule has 0 aliphatic heterocycles. The molecule has 5 nitrogen and oxygen atoms in total. The van der Waals surface area contributed by atoms with Gasteiger partial charge in [0.2, 0.25) is 0 Å². The molecule has 0 unspecified atom stereocenters. The van der Waals surface area contributed by atoms with Crippen molar-refractivity contribution < 1.29 is 32.6 Å². The first-order chi connectivity index (χ1) is 9.45. The summed E-state index contributed by atoms with van der Waals surface area (Å²) < 4.78 is 39.7. The maximum Gasteiger partial charge on any atom is 0.573 e. The van der Waals surface area contributed by atoms with Crippen molar-refractivity contribution in [2.75, 3.05) is 7.05 Å². The van der Waals surface area contributed by atoms with Gasteiger partial charge >= 0.3 is 12.3 Å². The van der Waals surface area contributed by atoms with E-state index in [1.165, 1.54) is 20.9 Å². The molecule has 116 valence electrons. The number of hydrogen-bond donors (Lipinski definition) is 1. The van der Waals surface area contributed by atoms with Crippen LogP contribution in [0.3, 0.4) is 0 Å². The summed E-state index contributed by atoms with van der Waals surface area (Å²) in [7, 11) is 1.30. The van der Waals surface area contributed by atoms with E-state index >= 15 is 0 Å². The molecule has 1 N–H and O–H groups in total. The van der Waals surface area contributed by atoms with Gasteiger partial charge in [0.05, 0.1) is 0 Å². The van der Waals surface area contributed by atoms with E-state index in [4.69, 9.17) is 5.11 Å². The van der Waals surface area contributed by atoms with Gasteiger partial charge in [0, 0.05) is 12.6 Å². The first-order valence-corrected chi connectivity index (χ1v) is 5.82. The molecular weight excluding hydrogens is 291 g/mol. The molecule has 0 saturated carbocycles. The summed E-state index contributed by atoms with van der Waals surface area (Å²) >= 11 is 0. The Morgan fingerprint density at radius 1 is 1.14 bits per heavy atom. The molecule has 0 heterocycles. The lowest BCUT2D eigenvalue weighted by Crippen LogP contribution is -2.50. The highest BCUT2D eigenvalue weighted by Crippen LogP contribution is 2.24. The zero-order valence-electron chi connectivity index (χ0n) is 11.6. The summed E-state index contributed by atoms with van der Waals surface area (Å²) in [5.74, 6) is -2.28. The summed E-state index contributed by atoms with van der Waals surface area (Å²) in [5, 5.41) is 9.04. The van der Waals surface area contributed by atoms with E-state index in [-0.39, 0.29) is 5.56 Å². The van der Waals surface area contributed by atoms with E-state index < -0.39 is 29.5 Å². The van der Waals surface area contributed by atoms with Crippen molar-refractivity contribution in [3.8, 4) is 5.75 Å². The Labute approximate surface area is 118 Å². The number of amides is 1. The van der Waals surface area contributed by atoms with Crippen LogP contribution in [0.5, 0.6) is 5.75 Å². The fourth-order valence-electron chi connectivity index (χ4n) is 1.39. The molecule has 0 aliphatic rings. The molecule has 21 heavy (non-hydrogen) atoms. The van der Waals surface area contributed by atoms with Crippen LogP contribution in [0.1, 0.15) is 24.2 Å². The summed E-state index contributed by atoms with van der Waals surface area (Å²) in [6, 6.07) is 4.25. The molecule has 0 bridgehead atoms. The van der Waals surface area contributed by atoms with Gasteiger partial charge in [-0.3, -0.25) is 4.79 Å². The van der Waals surface area contributed by atoms with E-state index in [2.05, 4.69) is 4.74 Å². The van der Waals surface area contributed by atoms with Gasteiger partial charge in [-0.15, -0.1) is 13.2 Å². The molecule has 1 amide bonds. The number of carbonyl (C=O) groups is 2. The number of halogens is 3. The van der Waals surface area contributed by atoms with E-state index in [0.717, 1.165) is 29.2 Å². The first kappa shape index (κ1) is 16.8. The number of alkyl halides is 3. The third-order valence-electron chi connectivity index (χ3n) is 3.00. The molecule has 0 aliphatic carbocycles. The van der Waals surface area contributed by atoms with E-state index in [1.54, 1.807) is 0 Å². The average Bonchev–Trinajstić information content (AvgIpc) is 2.35. The maximum atomic E-state index is 12.1. The van der Waals surface area contributed by atoms with Crippen molar-refractivity contribution in [2.45, 2.75) is 25.7 Å². The Bertz CT molecular complexity index is 537. The molecule has 1 aromatic rings. The highest BCUT2D eigenvalue weighted by molar-refractivity contribution is 5.97. The van der Waals surface area contributed by atoms with Crippen molar-refractivity contribution in [2.24, 2.45) is 0 Å². The minimum absolute atomic E-state index is 0.0568. The number of nitrogens with zero attached hydrogens (tertiary/aromatic N) is 1. The van der Waals surface area contributed by atoms with E-state index in [1.807, 2.05) is 0 Å². The Morgan fingerprint density at radius 2 is 1.62 bits per heavy atom. The minimum atomic E-state index is -4.81. The molecule has 0 aromatic heterocycles. The lowest BCUT2D eigenvalue weighted by Gasteiger charge is -2.31. The largest absolute Gasteiger partial charge is 0.573 e. The van der Waals surface area contributed by atoms with Crippen LogP contribution in [0.2, 0.25) is 0 Å². The van der Waals surface area contributed by atoms with Crippen LogP contribution >= 0.6 is 0 Å². The van der Waals surface area contributed by atoms with Gasteiger partial charge in [0.25, 0.3) is 5.91 Å². The molecule has 8 heteroatoms. The maximum absolute atomic E-state index is 12.1. The number of likely N-dealkylation sites (N-methyl/N-ethyl adjacent to an activating group) is 1. The van der Waals surface area contributed by atoms with Gasteiger partial charge in [-0.25, -0.2) is 4.79 Å². The number of benzene rings is 1. The Morgan fingerprint density at radius 3 is 2.00 bits per heavy atom. The fourth-order valence-corrected chi connectivity index (χ4v) is 1.39. The van der Waals surface area contributed by atoms with Crippen molar-refractivity contribution in [3.05, 3.63) is 29.8 Å².